The fourth-order valence-electron chi connectivity index (χ4n) is 2.04. The molecule has 0 aliphatic heterocycles. The van der Waals surface area contributed by atoms with Crippen LogP contribution in [0.5, 0.6) is 0 Å². The van der Waals surface area contributed by atoms with Crippen LogP contribution in [-0.2, 0) is 6.54 Å². The molecule has 1 aromatic carbocycles. The minimum absolute atomic E-state index is 0.610. The fourth-order valence-corrected chi connectivity index (χ4v) is 2.04. The second kappa shape index (κ2) is 4.75. The van der Waals surface area contributed by atoms with Crippen LogP contribution in [0.2, 0.25) is 0 Å². The number of benzene rings is 1. The van der Waals surface area contributed by atoms with Crippen LogP contribution in [0.4, 0.5) is 5.95 Å². The molecule has 1 heterocycles. The van der Waals surface area contributed by atoms with Crippen molar-refractivity contribution in [2.45, 2.75) is 20.4 Å². The number of aromatic nitrogens is 2. The molecule has 2 N–H and O–H groups in total. The van der Waals surface area contributed by atoms with Crippen molar-refractivity contribution in [3.05, 3.63) is 23.8 Å². The van der Waals surface area contributed by atoms with Crippen LogP contribution in [0.15, 0.2) is 18.2 Å². The highest BCUT2D eigenvalue weighted by molar-refractivity contribution is 5.81. The Morgan fingerprint density at radius 3 is 2.88 bits per heavy atom. The van der Waals surface area contributed by atoms with Gasteiger partial charge < -0.3 is 15.2 Å². The van der Waals surface area contributed by atoms with Gasteiger partial charge in [0.05, 0.1) is 11.0 Å². The maximum absolute atomic E-state index is 5.98. The van der Waals surface area contributed by atoms with E-state index in [4.69, 9.17) is 5.73 Å². The van der Waals surface area contributed by atoms with Crippen LogP contribution >= 0.6 is 0 Å². The summed E-state index contributed by atoms with van der Waals surface area (Å²) in [5.41, 5.74) is 9.36. The van der Waals surface area contributed by atoms with Crippen LogP contribution < -0.4 is 5.73 Å². The molecular weight excluding hydrogens is 212 g/mol. The zero-order valence-corrected chi connectivity index (χ0v) is 10.8. The Bertz CT molecular complexity index is 515. The fraction of sp³-hybridized carbons (Fsp3) is 0.462. The smallest absolute Gasteiger partial charge is 0.201 e. The van der Waals surface area contributed by atoms with E-state index in [1.807, 2.05) is 12.1 Å². The third-order valence-corrected chi connectivity index (χ3v) is 3.24. The van der Waals surface area contributed by atoms with Crippen LogP contribution in [0.25, 0.3) is 11.0 Å². The molecule has 1 aromatic heterocycles. The molecule has 0 radical (unpaired) electrons. The maximum atomic E-state index is 5.98. The Hall–Kier alpha value is -1.55. The van der Waals surface area contributed by atoms with Gasteiger partial charge in [-0.15, -0.1) is 0 Å². The van der Waals surface area contributed by atoms with Crippen LogP contribution in [0, 0.1) is 6.92 Å². The minimum Gasteiger partial charge on any atom is -0.369 e. The number of nitrogens with two attached hydrogens (primary N) is 1. The zero-order chi connectivity index (χ0) is 12.4. The van der Waals surface area contributed by atoms with Gasteiger partial charge in [-0.1, -0.05) is 19.1 Å². The van der Waals surface area contributed by atoms with Gasteiger partial charge >= 0.3 is 0 Å². The second-order valence-corrected chi connectivity index (χ2v) is 4.46. The zero-order valence-electron chi connectivity index (χ0n) is 10.8. The Morgan fingerprint density at radius 2 is 2.18 bits per heavy atom. The molecule has 0 aliphatic rings. The van der Waals surface area contributed by atoms with Crippen LogP contribution in [-0.4, -0.2) is 34.6 Å². The summed E-state index contributed by atoms with van der Waals surface area (Å²) in [7, 11) is 2.11. The molecule has 0 spiro atoms. The van der Waals surface area contributed by atoms with E-state index < -0.39 is 0 Å². The first-order chi connectivity index (χ1) is 8.13. The number of imidazole rings is 1. The van der Waals surface area contributed by atoms with Gasteiger partial charge in [0, 0.05) is 13.1 Å². The van der Waals surface area contributed by atoms with Crippen molar-refractivity contribution in [2.24, 2.45) is 0 Å². The first-order valence-electron chi connectivity index (χ1n) is 6.03. The third kappa shape index (κ3) is 2.26. The predicted molar refractivity (Wildman–Crippen MR) is 72.1 cm³/mol. The van der Waals surface area contributed by atoms with Gasteiger partial charge in [-0.25, -0.2) is 4.98 Å². The van der Waals surface area contributed by atoms with E-state index in [1.54, 1.807) is 0 Å². The van der Waals surface area contributed by atoms with Crippen molar-refractivity contribution in [3.63, 3.8) is 0 Å². The first-order valence-corrected chi connectivity index (χ1v) is 6.03. The molecule has 0 aliphatic carbocycles. The number of likely N-dealkylation sites (N-methyl/N-ethyl adjacent to an activating group) is 1. The third-order valence-electron chi connectivity index (χ3n) is 3.24. The largest absolute Gasteiger partial charge is 0.369 e. The quantitative estimate of drug-likeness (QED) is 0.875. The van der Waals surface area contributed by atoms with Crippen molar-refractivity contribution in [1.29, 1.82) is 0 Å². The van der Waals surface area contributed by atoms with E-state index in [0.717, 1.165) is 30.7 Å². The lowest BCUT2D eigenvalue weighted by Gasteiger charge is -2.15. The van der Waals surface area contributed by atoms with Gasteiger partial charge in [0.25, 0.3) is 0 Å². The Balaban J connectivity index is 2.35. The highest BCUT2D eigenvalue weighted by atomic mass is 15.2. The summed E-state index contributed by atoms with van der Waals surface area (Å²) in [6.07, 6.45) is 0. The summed E-state index contributed by atoms with van der Waals surface area (Å²) in [6.45, 7) is 7.17. The molecule has 2 rings (SSSR count). The highest BCUT2D eigenvalue weighted by Crippen LogP contribution is 2.21. The van der Waals surface area contributed by atoms with Crippen molar-refractivity contribution in [3.8, 4) is 0 Å². The Kier molecular flexibility index (Phi) is 3.33. The molecule has 17 heavy (non-hydrogen) atoms. The van der Waals surface area contributed by atoms with Gasteiger partial charge in [0.15, 0.2) is 0 Å². The number of nitrogen functional groups attached to an aromatic ring is 1. The second-order valence-electron chi connectivity index (χ2n) is 4.46. The molecule has 0 atom stereocenters. The lowest BCUT2D eigenvalue weighted by molar-refractivity contribution is 0.338. The van der Waals surface area contributed by atoms with Crippen molar-refractivity contribution >= 4 is 17.0 Å². The molecule has 0 bridgehead atoms. The van der Waals surface area contributed by atoms with Gasteiger partial charge in [0.1, 0.15) is 0 Å². The number of nitrogens with zero attached hydrogens (tertiary/aromatic N) is 3. The normalized spacial score (nSPS) is 11.5. The SMILES string of the molecule is CCN(C)CCn1c(N)nc2cccc(C)c21. The van der Waals surface area contributed by atoms with E-state index in [9.17, 15) is 0 Å². The van der Waals surface area contributed by atoms with E-state index in [-0.39, 0.29) is 0 Å². The van der Waals surface area contributed by atoms with Crippen molar-refractivity contribution in [2.75, 3.05) is 25.9 Å². The molecule has 0 saturated carbocycles. The van der Waals surface area contributed by atoms with Gasteiger partial charge in [-0.3, -0.25) is 0 Å². The lowest BCUT2D eigenvalue weighted by Crippen LogP contribution is -2.23. The highest BCUT2D eigenvalue weighted by Gasteiger charge is 2.10. The average Bonchev–Trinajstić information content (AvgIpc) is 2.63. The molecule has 0 fully saturated rings. The van der Waals surface area contributed by atoms with Crippen molar-refractivity contribution in [1.82, 2.24) is 14.5 Å². The summed E-state index contributed by atoms with van der Waals surface area (Å²) < 4.78 is 2.11. The standard InChI is InChI=1S/C13H20N4/c1-4-16(3)8-9-17-12-10(2)6-5-7-11(12)15-13(17)14/h5-7H,4,8-9H2,1-3H3,(H2,14,15). The number of aryl methyl sites for hydroxylation is 1. The van der Waals surface area contributed by atoms with Gasteiger partial charge in [-0.2, -0.15) is 0 Å². The summed E-state index contributed by atoms with van der Waals surface area (Å²) in [5.74, 6) is 0.610. The number of anilines is 1. The van der Waals surface area contributed by atoms with Crippen LogP contribution in [0.3, 0.4) is 0 Å². The number of hydrogen-bond donors (Lipinski definition) is 1. The molecular formula is C13H20N4. The van der Waals surface area contributed by atoms with E-state index >= 15 is 0 Å². The lowest BCUT2D eigenvalue weighted by atomic mass is 10.2. The molecule has 4 nitrogen and oxygen atoms in total. The topological polar surface area (TPSA) is 47.1 Å². The summed E-state index contributed by atoms with van der Waals surface area (Å²) in [4.78, 5) is 6.67. The monoisotopic (exact) mass is 232 g/mol. The number of hydrogen-bond acceptors (Lipinski definition) is 3. The molecule has 0 unspecified atom stereocenters. The summed E-state index contributed by atoms with van der Waals surface area (Å²) >= 11 is 0. The Morgan fingerprint density at radius 1 is 1.41 bits per heavy atom. The average molecular weight is 232 g/mol. The predicted octanol–water partition coefficient (Wildman–Crippen LogP) is 1.88. The molecule has 0 saturated heterocycles. The van der Waals surface area contributed by atoms with E-state index in [2.05, 4.69) is 41.4 Å². The minimum atomic E-state index is 0.610. The Labute approximate surface area is 102 Å². The molecule has 0 amide bonds. The first kappa shape index (κ1) is 11.9. The summed E-state index contributed by atoms with van der Waals surface area (Å²) in [6, 6.07) is 6.13. The summed E-state index contributed by atoms with van der Waals surface area (Å²) in [5, 5.41) is 0. The molecule has 4 heteroatoms. The molecule has 2 aromatic rings. The van der Waals surface area contributed by atoms with Gasteiger partial charge in [-0.05, 0) is 32.1 Å². The number of rotatable bonds is 4. The van der Waals surface area contributed by atoms with E-state index in [0.29, 0.717) is 5.95 Å². The maximum Gasteiger partial charge on any atom is 0.201 e. The molecule has 92 valence electrons. The number of para-hydroxylation sites is 1. The van der Waals surface area contributed by atoms with E-state index in [1.165, 1.54) is 5.56 Å². The van der Waals surface area contributed by atoms with Crippen molar-refractivity contribution < 1.29 is 0 Å². The number of fused-ring (bicyclic) bond motifs is 1. The van der Waals surface area contributed by atoms with Crippen LogP contribution in [0.1, 0.15) is 12.5 Å². The van der Waals surface area contributed by atoms with Gasteiger partial charge in [0.2, 0.25) is 5.95 Å².